The minimum atomic E-state index is 1.11. The normalized spacial score (nSPS) is 10.5. The van der Waals surface area contributed by atoms with E-state index in [-0.39, 0.29) is 0 Å². The van der Waals surface area contributed by atoms with Crippen LogP contribution >= 0.6 is 0 Å². The second-order valence-corrected chi connectivity index (χ2v) is 3.68. The van der Waals surface area contributed by atoms with Gasteiger partial charge >= 0.3 is 0 Å². The maximum Gasteiger partial charge on any atom is 0.0346 e. The van der Waals surface area contributed by atoms with E-state index in [0.29, 0.717) is 0 Å². The summed E-state index contributed by atoms with van der Waals surface area (Å²) in [5.41, 5.74) is 2.23. The Morgan fingerprint density at radius 1 is 0.938 bits per heavy atom. The van der Waals surface area contributed by atoms with Gasteiger partial charge in [0, 0.05) is 18.0 Å². The van der Waals surface area contributed by atoms with E-state index in [1.165, 1.54) is 10.8 Å². The van der Waals surface area contributed by atoms with Gasteiger partial charge in [-0.3, -0.25) is 4.98 Å². The summed E-state index contributed by atoms with van der Waals surface area (Å²) in [5.74, 6) is 0. The molecule has 2 aromatic carbocycles. The highest BCUT2D eigenvalue weighted by atomic mass is 14.6. The van der Waals surface area contributed by atoms with Crippen molar-refractivity contribution in [3.63, 3.8) is 0 Å². The van der Waals surface area contributed by atoms with Crippen molar-refractivity contribution in [1.82, 2.24) is 4.98 Å². The van der Waals surface area contributed by atoms with E-state index in [0.717, 1.165) is 11.1 Å². The molecule has 1 nitrogen and oxygen atoms in total. The lowest BCUT2D eigenvalue weighted by molar-refractivity contribution is 1.33. The Morgan fingerprint density at radius 3 is 2.75 bits per heavy atom. The quantitative estimate of drug-likeness (QED) is 0.589. The van der Waals surface area contributed by atoms with Gasteiger partial charge < -0.3 is 0 Å². The predicted octanol–water partition coefficient (Wildman–Crippen LogP) is 3.70. The Kier molecular flexibility index (Phi) is 2.15. The van der Waals surface area contributed by atoms with Crippen molar-refractivity contribution in [3.8, 4) is 11.1 Å². The first-order valence-electron chi connectivity index (χ1n) is 5.25. The minimum Gasteiger partial charge on any atom is -0.264 e. The van der Waals surface area contributed by atoms with E-state index in [2.05, 4.69) is 47.4 Å². The lowest BCUT2D eigenvalue weighted by Gasteiger charge is -2.05. The maximum atomic E-state index is 4.15. The molecular weight excluding hydrogens is 194 g/mol. The van der Waals surface area contributed by atoms with E-state index in [1.54, 1.807) is 6.20 Å². The number of nitrogens with zero attached hydrogens (tertiary/aromatic N) is 1. The van der Waals surface area contributed by atoms with E-state index >= 15 is 0 Å². The molecule has 16 heavy (non-hydrogen) atoms. The van der Waals surface area contributed by atoms with Gasteiger partial charge in [0.05, 0.1) is 0 Å². The zero-order valence-corrected chi connectivity index (χ0v) is 8.72. The number of hydrogen-bond acceptors (Lipinski definition) is 1. The van der Waals surface area contributed by atoms with Crippen LogP contribution in [-0.4, -0.2) is 4.98 Å². The van der Waals surface area contributed by atoms with Crippen LogP contribution in [0.2, 0.25) is 0 Å². The number of rotatable bonds is 1. The molecule has 0 saturated heterocycles. The lowest BCUT2D eigenvalue weighted by atomic mass is 10.00. The summed E-state index contributed by atoms with van der Waals surface area (Å²) in [6, 6.07) is 19.7. The summed E-state index contributed by atoms with van der Waals surface area (Å²) in [4.78, 5) is 4.15. The molecule has 3 aromatic rings. The molecule has 3 rings (SSSR count). The topological polar surface area (TPSA) is 12.9 Å². The maximum absolute atomic E-state index is 4.15. The van der Waals surface area contributed by atoms with Gasteiger partial charge in [0.1, 0.15) is 0 Å². The number of pyridine rings is 1. The molecule has 0 amide bonds. The summed E-state index contributed by atoms with van der Waals surface area (Å²) in [6.45, 7) is 0. The second kappa shape index (κ2) is 3.78. The molecule has 0 saturated carbocycles. The SMILES string of the molecule is [c]1ccc2ccccc2c1-c1cccnc1. The molecule has 0 spiro atoms. The smallest absolute Gasteiger partial charge is 0.0346 e. The third kappa shape index (κ3) is 1.47. The first-order chi connectivity index (χ1) is 7.95. The molecule has 1 heterocycles. The van der Waals surface area contributed by atoms with Crippen molar-refractivity contribution in [2.45, 2.75) is 0 Å². The number of benzene rings is 2. The molecule has 0 bridgehead atoms. The average Bonchev–Trinajstić information content (AvgIpc) is 2.39. The predicted molar refractivity (Wildman–Crippen MR) is 66.0 cm³/mol. The van der Waals surface area contributed by atoms with Crippen LogP contribution in [-0.2, 0) is 0 Å². The summed E-state index contributed by atoms with van der Waals surface area (Å²) in [6.07, 6.45) is 3.66. The van der Waals surface area contributed by atoms with Gasteiger partial charge in [0.15, 0.2) is 0 Å². The highest BCUT2D eigenvalue weighted by Crippen LogP contribution is 2.26. The molecule has 0 N–H and O–H groups in total. The van der Waals surface area contributed by atoms with Crippen molar-refractivity contribution in [3.05, 3.63) is 67.0 Å². The fraction of sp³-hybridized carbons (Fsp3) is 0. The zero-order valence-electron chi connectivity index (χ0n) is 8.72. The van der Waals surface area contributed by atoms with Gasteiger partial charge in [-0.25, -0.2) is 0 Å². The van der Waals surface area contributed by atoms with E-state index in [9.17, 15) is 0 Å². The molecule has 1 aromatic heterocycles. The average molecular weight is 204 g/mol. The molecular formula is C15H10N. The van der Waals surface area contributed by atoms with Crippen LogP contribution in [0.25, 0.3) is 21.9 Å². The number of hydrogen-bond donors (Lipinski definition) is 0. The van der Waals surface area contributed by atoms with Gasteiger partial charge in [-0.1, -0.05) is 42.5 Å². The highest BCUT2D eigenvalue weighted by molar-refractivity contribution is 5.96. The van der Waals surface area contributed by atoms with Crippen molar-refractivity contribution in [1.29, 1.82) is 0 Å². The Bertz CT molecular complexity index is 609. The Labute approximate surface area is 94.4 Å². The minimum absolute atomic E-state index is 1.11. The lowest BCUT2D eigenvalue weighted by Crippen LogP contribution is -1.82. The Hall–Kier alpha value is -2.15. The van der Waals surface area contributed by atoms with E-state index in [1.807, 2.05) is 18.3 Å². The van der Waals surface area contributed by atoms with Gasteiger partial charge in [-0.2, -0.15) is 0 Å². The van der Waals surface area contributed by atoms with E-state index in [4.69, 9.17) is 0 Å². The summed E-state index contributed by atoms with van der Waals surface area (Å²) in [7, 11) is 0. The summed E-state index contributed by atoms with van der Waals surface area (Å²) in [5, 5.41) is 2.46. The van der Waals surface area contributed by atoms with Crippen molar-refractivity contribution >= 4 is 10.8 Å². The molecule has 0 aliphatic carbocycles. The molecule has 0 atom stereocenters. The van der Waals surface area contributed by atoms with Crippen LogP contribution in [0.15, 0.2) is 60.9 Å². The standard InChI is InChI=1S/C15H10N/c1-2-8-14-12(5-1)6-3-9-15(14)13-7-4-10-16-11-13/h1-8,10-11H. The number of aromatic nitrogens is 1. The zero-order chi connectivity index (χ0) is 10.8. The van der Waals surface area contributed by atoms with Crippen LogP contribution in [0.3, 0.4) is 0 Å². The van der Waals surface area contributed by atoms with Crippen LogP contribution in [0.4, 0.5) is 0 Å². The monoisotopic (exact) mass is 204 g/mol. The molecule has 75 valence electrons. The van der Waals surface area contributed by atoms with Crippen LogP contribution in [0.1, 0.15) is 0 Å². The third-order valence-corrected chi connectivity index (χ3v) is 2.67. The van der Waals surface area contributed by atoms with Gasteiger partial charge in [0.2, 0.25) is 0 Å². The van der Waals surface area contributed by atoms with Crippen molar-refractivity contribution in [2.24, 2.45) is 0 Å². The van der Waals surface area contributed by atoms with E-state index < -0.39 is 0 Å². The van der Waals surface area contributed by atoms with Crippen molar-refractivity contribution < 1.29 is 0 Å². The molecule has 1 radical (unpaired) electrons. The molecule has 0 fully saturated rings. The fourth-order valence-electron chi connectivity index (χ4n) is 1.91. The summed E-state index contributed by atoms with van der Waals surface area (Å²) >= 11 is 0. The Balaban J connectivity index is 2.32. The van der Waals surface area contributed by atoms with Crippen LogP contribution < -0.4 is 0 Å². The van der Waals surface area contributed by atoms with Crippen molar-refractivity contribution in [2.75, 3.05) is 0 Å². The Morgan fingerprint density at radius 2 is 1.88 bits per heavy atom. The van der Waals surface area contributed by atoms with Crippen LogP contribution in [0.5, 0.6) is 0 Å². The summed E-state index contributed by atoms with van der Waals surface area (Å²) < 4.78 is 0. The second-order valence-electron chi connectivity index (χ2n) is 3.68. The first-order valence-corrected chi connectivity index (χ1v) is 5.25. The molecule has 0 unspecified atom stereocenters. The molecule has 0 aliphatic rings. The molecule has 0 aliphatic heterocycles. The van der Waals surface area contributed by atoms with Gasteiger partial charge in [0.25, 0.3) is 0 Å². The third-order valence-electron chi connectivity index (χ3n) is 2.67. The number of fused-ring (bicyclic) bond motifs is 1. The first kappa shape index (κ1) is 9.10. The van der Waals surface area contributed by atoms with Gasteiger partial charge in [-0.05, 0) is 28.5 Å². The highest BCUT2D eigenvalue weighted by Gasteiger charge is 2.02. The van der Waals surface area contributed by atoms with Gasteiger partial charge in [-0.15, -0.1) is 0 Å². The largest absolute Gasteiger partial charge is 0.264 e. The fourth-order valence-corrected chi connectivity index (χ4v) is 1.91. The van der Waals surface area contributed by atoms with Crippen LogP contribution in [0, 0.1) is 6.07 Å². The molecule has 1 heteroatoms.